The number of carbonyl (C=O) groups excluding carboxylic acids is 2. The van der Waals surface area contributed by atoms with Crippen LogP contribution in [0.25, 0.3) is 0 Å². The van der Waals surface area contributed by atoms with Gasteiger partial charge in [-0.3, -0.25) is 14.5 Å². The zero-order valence-corrected chi connectivity index (χ0v) is 15.2. The summed E-state index contributed by atoms with van der Waals surface area (Å²) in [5.74, 6) is -2.85. The minimum Gasteiger partial charge on any atom is -0.343 e. The van der Waals surface area contributed by atoms with E-state index in [9.17, 15) is 18.4 Å². The molecule has 0 aliphatic carbocycles. The Hall–Kier alpha value is -1.77. The van der Waals surface area contributed by atoms with Gasteiger partial charge in [0.05, 0.1) is 6.54 Å². The lowest BCUT2D eigenvalue weighted by molar-refractivity contribution is -0.129. The van der Waals surface area contributed by atoms with Gasteiger partial charge in [-0.25, -0.2) is 8.78 Å². The van der Waals surface area contributed by atoms with Crippen LogP contribution in [0.2, 0.25) is 0 Å². The summed E-state index contributed by atoms with van der Waals surface area (Å²) in [4.78, 5) is 28.4. The average Bonchev–Trinajstić information content (AvgIpc) is 3.12. The number of nitrogens with one attached hydrogen (secondary N) is 2. The van der Waals surface area contributed by atoms with Crippen LogP contribution >= 0.6 is 12.4 Å². The lowest BCUT2D eigenvalue weighted by Gasteiger charge is -2.32. The molecule has 3 rings (SSSR count). The number of nitrogens with zero attached hydrogens (tertiary/aromatic N) is 2. The molecule has 2 heterocycles. The Morgan fingerprint density at radius 1 is 1.15 bits per heavy atom. The first kappa shape index (κ1) is 20.5. The summed E-state index contributed by atoms with van der Waals surface area (Å²) in [5, 5.41) is 5.78. The molecule has 26 heavy (non-hydrogen) atoms. The van der Waals surface area contributed by atoms with Crippen molar-refractivity contribution in [3.8, 4) is 0 Å². The second-order valence-corrected chi connectivity index (χ2v) is 6.38. The molecule has 0 radical (unpaired) electrons. The Bertz CT molecular complexity index is 656. The van der Waals surface area contributed by atoms with Crippen molar-refractivity contribution in [1.29, 1.82) is 0 Å². The van der Waals surface area contributed by atoms with Crippen LogP contribution in [-0.4, -0.2) is 73.5 Å². The van der Waals surface area contributed by atoms with Crippen LogP contribution in [0.5, 0.6) is 0 Å². The van der Waals surface area contributed by atoms with Gasteiger partial charge in [0, 0.05) is 50.9 Å². The summed E-state index contributed by atoms with van der Waals surface area (Å²) in [7, 11) is 0. The van der Waals surface area contributed by atoms with Gasteiger partial charge in [0.15, 0.2) is 11.6 Å². The van der Waals surface area contributed by atoms with Gasteiger partial charge in [0.25, 0.3) is 5.91 Å². The van der Waals surface area contributed by atoms with Crippen LogP contribution < -0.4 is 10.6 Å². The Morgan fingerprint density at radius 2 is 1.88 bits per heavy atom. The van der Waals surface area contributed by atoms with Crippen molar-refractivity contribution in [2.45, 2.75) is 12.5 Å². The van der Waals surface area contributed by atoms with Crippen LogP contribution in [0, 0.1) is 11.6 Å². The van der Waals surface area contributed by atoms with Crippen molar-refractivity contribution in [3.05, 3.63) is 35.4 Å². The second-order valence-electron chi connectivity index (χ2n) is 6.38. The van der Waals surface area contributed by atoms with Gasteiger partial charge in [-0.05, 0) is 24.6 Å². The third kappa shape index (κ3) is 4.90. The van der Waals surface area contributed by atoms with E-state index in [0.29, 0.717) is 19.1 Å². The predicted molar refractivity (Wildman–Crippen MR) is 95.4 cm³/mol. The van der Waals surface area contributed by atoms with Crippen LogP contribution in [0.1, 0.15) is 16.8 Å². The third-order valence-electron chi connectivity index (χ3n) is 4.77. The molecule has 0 aromatic heterocycles. The molecule has 1 aromatic rings. The van der Waals surface area contributed by atoms with E-state index < -0.39 is 17.5 Å². The molecule has 144 valence electrons. The largest absolute Gasteiger partial charge is 0.343 e. The fourth-order valence-electron chi connectivity index (χ4n) is 3.32. The number of amides is 2. The number of halogens is 3. The number of hydrogen-bond donors (Lipinski definition) is 2. The quantitative estimate of drug-likeness (QED) is 0.794. The minimum absolute atomic E-state index is 0. The standard InChI is InChI=1S/C17H22F2N4O2.ClH/c18-14-2-1-12(9-15(14)19)17(25)21-10-16(24)23-6-3-13(11-23)22-7-4-20-5-8-22;/h1-2,9,13,20H,3-8,10-11H2,(H,21,25);1H. The maximum Gasteiger partial charge on any atom is 0.251 e. The van der Waals surface area contributed by atoms with Crippen LogP contribution in [0.4, 0.5) is 8.78 Å². The molecule has 2 aliphatic heterocycles. The molecule has 2 saturated heterocycles. The smallest absolute Gasteiger partial charge is 0.251 e. The van der Waals surface area contributed by atoms with Crippen LogP contribution in [-0.2, 0) is 4.79 Å². The summed E-state index contributed by atoms with van der Waals surface area (Å²) in [6.45, 7) is 5.10. The highest BCUT2D eigenvalue weighted by atomic mass is 35.5. The summed E-state index contributed by atoms with van der Waals surface area (Å²) in [6, 6.07) is 3.28. The zero-order valence-electron chi connectivity index (χ0n) is 14.3. The number of carbonyl (C=O) groups is 2. The van der Waals surface area contributed by atoms with E-state index in [1.54, 1.807) is 4.90 Å². The van der Waals surface area contributed by atoms with Crippen LogP contribution in [0.15, 0.2) is 18.2 Å². The first-order valence-corrected chi connectivity index (χ1v) is 8.50. The highest BCUT2D eigenvalue weighted by molar-refractivity contribution is 5.96. The number of likely N-dealkylation sites (tertiary alicyclic amines) is 1. The Morgan fingerprint density at radius 3 is 2.58 bits per heavy atom. The maximum absolute atomic E-state index is 13.2. The number of hydrogen-bond acceptors (Lipinski definition) is 4. The molecule has 2 aliphatic rings. The van der Waals surface area contributed by atoms with Crippen molar-refractivity contribution in [1.82, 2.24) is 20.4 Å². The molecule has 1 aromatic carbocycles. The van der Waals surface area contributed by atoms with E-state index in [1.165, 1.54) is 6.07 Å². The fourth-order valence-corrected chi connectivity index (χ4v) is 3.32. The highest BCUT2D eigenvalue weighted by Gasteiger charge is 2.30. The van der Waals surface area contributed by atoms with Crippen molar-refractivity contribution >= 4 is 24.2 Å². The Kier molecular flexibility index (Phi) is 7.31. The highest BCUT2D eigenvalue weighted by Crippen LogP contribution is 2.16. The molecule has 1 unspecified atom stereocenters. The van der Waals surface area contributed by atoms with E-state index in [-0.39, 0.29) is 30.4 Å². The molecule has 9 heteroatoms. The van der Waals surface area contributed by atoms with Gasteiger partial charge < -0.3 is 15.5 Å². The van der Waals surface area contributed by atoms with E-state index in [1.807, 2.05) is 0 Å². The number of benzene rings is 1. The molecule has 0 bridgehead atoms. The minimum atomic E-state index is -1.09. The Balaban J connectivity index is 0.00000243. The normalized spacial score (nSPS) is 20.5. The fraction of sp³-hybridized carbons (Fsp3) is 0.529. The first-order valence-electron chi connectivity index (χ1n) is 8.50. The zero-order chi connectivity index (χ0) is 17.8. The van der Waals surface area contributed by atoms with Crippen molar-refractivity contribution in [2.75, 3.05) is 45.8 Å². The molecular formula is C17H23ClF2N4O2. The van der Waals surface area contributed by atoms with Gasteiger partial charge in [-0.2, -0.15) is 0 Å². The van der Waals surface area contributed by atoms with E-state index in [0.717, 1.165) is 44.7 Å². The third-order valence-corrected chi connectivity index (χ3v) is 4.77. The second kappa shape index (κ2) is 9.25. The molecule has 6 nitrogen and oxygen atoms in total. The monoisotopic (exact) mass is 388 g/mol. The Labute approximate surface area is 157 Å². The SMILES string of the molecule is Cl.O=C(NCC(=O)N1CCC(N2CCNCC2)C1)c1ccc(F)c(F)c1. The van der Waals surface area contributed by atoms with E-state index in [4.69, 9.17) is 0 Å². The van der Waals surface area contributed by atoms with Gasteiger partial charge >= 0.3 is 0 Å². The van der Waals surface area contributed by atoms with Crippen LogP contribution in [0.3, 0.4) is 0 Å². The molecule has 2 N–H and O–H groups in total. The summed E-state index contributed by atoms with van der Waals surface area (Å²) in [6.07, 6.45) is 0.933. The topological polar surface area (TPSA) is 64.7 Å². The molecular weight excluding hydrogens is 366 g/mol. The number of piperazine rings is 1. The van der Waals surface area contributed by atoms with Crippen molar-refractivity contribution in [3.63, 3.8) is 0 Å². The average molecular weight is 389 g/mol. The van der Waals surface area contributed by atoms with E-state index in [2.05, 4.69) is 15.5 Å². The molecule has 0 saturated carbocycles. The maximum atomic E-state index is 13.2. The van der Waals surface area contributed by atoms with Crippen molar-refractivity contribution < 1.29 is 18.4 Å². The molecule has 2 fully saturated rings. The molecule has 0 spiro atoms. The summed E-state index contributed by atoms with van der Waals surface area (Å²) >= 11 is 0. The van der Waals surface area contributed by atoms with Gasteiger partial charge in [-0.15, -0.1) is 12.4 Å². The van der Waals surface area contributed by atoms with Crippen molar-refractivity contribution in [2.24, 2.45) is 0 Å². The molecule has 2 amide bonds. The molecule has 1 atom stereocenters. The lowest BCUT2D eigenvalue weighted by atomic mass is 10.2. The van der Waals surface area contributed by atoms with Gasteiger partial charge in [0.1, 0.15) is 0 Å². The predicted octanol–water partition coefficient (Wildman–Crippen LogP) is 0.623. The summed E-state index contributed by atoms with van der Waals surface area (Å²) in [5.41, 5.74) is -0.00758. The summed E-state index contributed by atoms with van der Waals surface area (Å²) < 4.78 is 26.1. The van der Waals surface area contributed by atoms with E-state index >= 15 is 0 Å². The lowest BCUT2D eigenvalue weighted by Crippen LogP contribution is -2.49. The van der Waals surface area contributed by atoms with Gasteiger partial charge in [0.2, 0.25) is 5.91 Å². The van der Waals surface area contributed by atoms with Gasteiger partial charge in [-0.1, -0.05) is 0 Å². The number of rotatable bonds is 4. The first-order chi connectivity index (χ1) is 12.0.